The zero-order valence-electron chi connectivity index (χ0n) is 7.37. The highest BCUT2D eigenvalue weighted by Gasteiger charge is 1.97. The normalized spacial score (nSPS) is 10.9. The van der Waals surface area contributed by atoms with E-state index in [9.17, 15) is 4.57 Å². The predicted octanol–water partition coefficient (Wildman–Crippen LogP) is 1.40. The molecule has 0 N–H and O–H groups in total. The van der Waals surface area contributed by atoms with Crippen molar-refractivity contribution in [1.29, 1.82) is 0 Å². The van der Waals surface area contributed by atoms with Crippen LogP contribution in [0.1, 0.15) is 13.8 Å². The van der Waals surface area contributed by atoms with Crippen molar-refractivity contribution in [3.63, 3.8) is 0 Å². The monoisotopic (exact) mass is 198 g/mol. The van der Waals surface area contributed by atoms with E-state index < -0.39 is 8.25 Å². The maximum atomic E-state index is 10.8. The summed E-state index contributed by atoms with van der Waals surface area (Å²) >= 11 is 0. The minimum absolute atomic E-state index is 0.000418. The van der Waals surface area contributed by atoms with Crippen molar-refractivity contribution in [3.05, 3.63) is 0 Å². The summed E-state index contributed by atoms with van der Waals surface area (Å²) in [6, 6.07) is 0. The third-order valence-corrected chi connectivity index (χ3v) is 1.64. The van der Waals surface area contributed by atoms with Crippen molar-refractivity contribution in [3.8, 4) is 0 Å². The minimum Gasteiger partial charge on any atom is -0.355 e. The molecule has 0 amide bonds. The number of hydrogen-bond donors (Lipinski definition) is 0. The van der Waals surface area contributed by atoms with Crippen LogP contribution in [-0.2, 0) is 23.1 Å². The second kappa shape index (κ2) is 9.16. The summed E-state index contributed by atoms with van der Waals surface area (Å²) in [6.45, 7) is 4.70. The standard InChI is InChI=1S/C6H15O5P/c1-3-8-5-10-12(7)11-6-9-4-2/h12H,3-6H2,1-2H3. The highest BCUT2D eigenvalue weighted by Crippen LogP contribution is 2.22. The first-order valence-corrected chi connectivity index (χ1v) is 4.98. The lowest BCUT2D eigenvalue weighted by Gasteiger charge is -2.04. The van der Waals surface area contributed by atoms with Gasteiger partial charge in [0.2, 0.25) is 0 Å². The molecule has 74 valence electrons. The van der Waals surface area contributed by atoms with Gasteiger partial charge in [-0.15, -0.1) is 0 Å². The third kappa shape index (κ3) is 8.17. The lowest BCUT2D eigenvalue weighted by atomic mass is 10.9. The second-order valence-corrected chi connectivity index (χ2v) is 2.84. The molecule has 0 rings (SSSR count). The largest absolute Gasteiger partial charge is 0.355 e. The first kappa shape index (κ1) is 12.1. The molecule has 6 heteroatoms. The van der Waals surface area contributed by atoms with Crippen molar-refractivity contribution in [2.24, 2.45) is 0 Å². The van der Waals surface area contributed by atoms with Crippen LogP contribution in [-0.4, -0.2) is 26.8 Å². The topological polar surface area (TPSA) is 54.0 Å². The van der Waals surface area contributed by atoms with Gasteiger partial charge in [0.1, 0.15) is 0 Å². The van der Waals surface area contributed by atoms with Crippen LogP contribution >= 0.6 is 8.25 Å². The summed E-state index contributed by atoms with van der Waals surface area (Å²) in [5.74, 6) is 0. The molecule has 0 radical (unpaired) electrons. The van der Waals surface area contributed by atoms with E-state index in [2.05, 4.69) is 9.05 Å². The number of ether oxygens (including phenoxy) is 2. The zero-order chi connectivity index (χ0) is 9.23. The fourth-order valence-electron chi connectivity index (χ4n) is 0.388. The lowest BCUT2D eigenvalue weighted by Crippen LogP contribution is -1.97. The summed E-state index contributed by atoms with van der Waals surface area (Å²) in [5.41, 5.74) is 0. The van der Waals surface area contributed by atoms with Crippen LogP contribution in [0.15, 0.2) is 0 Å². The average Bonchev–Trinajstić information content (AvgIpc) is 2.06. The molecular weight excluding hydrogens is 183 g/mol. The molecule has 0 atom stereocenters. The van der Waals surface area contributed by atoms with Gasteiger partial charge in [0.15, 0.2) is 13.6 Å². The van der Waals surface area contributed by atoms with Gasteiger partial charge in [-0.1, -0.05) is 0 Å². The Morgan fingerprint density at radius 2 is 1.42 bits per heavy atom. The van der Waals surface area contributed by atoms with Crippen LogP contribution in [0.4, 0.5) is 0 Å². The Hall–Kier alpha value is 0.0700. The molecule has 0 unspecified atom stereocenters. The molecular formula is C6H15O5P. The SMILES string of the molecule is CCOCO[PH](=O)OCOCC. The first-order valence-electron chi connectivity index (χ1n) is 3.76. The smallest absolute Gasteiger partial charge is 0.323 e. The summed E-state index contributed by atoms with van der Waals surface area (Å²) in [4.78, 5) is 0. The Morgan fingerprint density at radius 1 is 1.00 bits per heavy atom. The molecule has 0 saturated heterocycles. The van der Waals surface area contributed by atoms with E-state index in [0.717, 1.165) is 0 Å². The van der Waals surface area contributed by atoms with Gasteiger partial charge in [-0.25, -0.2) is 0 Å². The molecule has 0 aliphatic heterocycles. The molecule has 0 aromatic carbocycles. The Kier molecular flexibility index (Phi) is 9.21. The van der Waals surface area contributed by atoms with Gasteiger partial charge in [-0.05, 0) is 13.8 Å². The lowest BCUT2D eigenvalue weighted by molar-refractivity contribution is -0.0120. The zero-order valence-corrected chi connectivity index (χ0v) is 8.37. The molecule has 0 fully saturated rings. The Balaban J connectivity index is 3.10. The average molecular weight is 198 g/mol. The highest BCUT2D eigenvalue weighted by molar-refractivity contribution is 7.33. The molecule has 5 nitrogen and oxygen atoms in total. The van der Waals surface area contributed by atoms with Crippen molar-refractivity contribution >= 4 is 8.25 Å². The molecule has 0 aromatic heterocycles. The summed E-state index contributed by atoms with van der Waals surface area (Å²) in [7, 11) is -2.43. The van der Waals surface area contributed by atoms with Gasteiger partial charge < -0.3 is 9.47 Å². The fraction of sp³-hybridized carbons (Fsp3) is 1.00. The van der Waals surface area contributed by atoms with Crippen molar-refractivity contribution in [1.82, 2.24) is 0 Å². The Labute approximate surface area is 72.9 Å². The molecule has 12 heavy (non-hydrogen) atoms. The molecule has 0 aliphatic carbocycles. The van der Waals surface area contributed by atoms with Gasteiger partial charge in [-0.3, -0.25) is 13.6 Å². The van der Waals surface area contributed by atoms with Gasteiger partial charge in [0.25, 0.3) is 0 Å². The summed E-state index contributed by atoms with van der Waals surface area (Å²) in [6.07, 6.45) is 0. The summed E-state index contributed by atoms with van der Waals surface area (Å²) < 4.78 is 29.7. The maximum Gasteiger partial charge on any atom is 0.323 e. The molecule has 0 bridgehead atoms. The van der Waals surface area contributed by atoms with Crippen LogP contribution < -0.4 is 0 Å². The second-order valence-electron chi connectivity index (χ2n) is 1.76. The summed E-state index contributed by atoms with van der Waals surface area (Å²) in [5, 5.41) is 0. The number of rotatable bonds is 8. The van der Waals surface area contributed by atoms with Gasteiger partial charge in [0.05, 0.1) is 0 Å². The fourth-order valence-corrected chi connectivity index (χ4v) is 0.830. The quantitative estimate of drug-likeness (QED) is 0.335. The highest BCUT2D eigenvalue weighted by atomic mass is 31.1. The van der Waals surface area contributed by atoms with Crippen LogP contribution in [0.2, 0.25) is 0 Å². The third-order valence-electron chi connectivity index (χ3n) is 0.928. The number of hydrogen-bond acceptors (Lipinski definition) is 5. The van der Waals surface area contributed by atoms with Gasteiger partial charge >= 0.3 is 8.25 Å². The van der Waals surface area contributed by atoms with E-state index in [1.165, 1.54) is 0 Å². The van der Waals surface area contributed by atoms with E-state index in [4.69, 9.17) is 9.47 Å². The van der Waals surface area contributed by atoms with Crippen LogP contribution in [0.25, 0.3) is 0 Å². The molecule has 0 heterocycles. The predicted molar refractivity (Wildman–Crippen MR) is 44.2 cm³/mol. The van der Waals surface area contributed by atoms with Crippen molar-refractivity contribution < 1.29 is 23.1 Å². The minimum atomic E-state index is -2.43. The van der Waals surface area contributed by atoms with E-state index in [-0.39, 0.29) is 13.6 Å². The Morgan fingerprint density at radius 3 is 1.75 bits per heavy atom. The van der Waals surface area contributed by atoms with Crippen LogP contribution in [0.3, 0.4) is 0 Å². The van der Waals surface area contributed by atoms with Crippen molar-refractivity contribution in [2.45, 2.75) is 13.8 Å². The molecule has 0 aromatic rings. The van der Waals surface area contributed by atoms with Crippen LogP contribution in [0.5, 0.6) is 0 Å². The van der Waals surface area contributed by atoms with E-state index in [0.29, 0.717) is 13.2 Å². The van der Waals surface area contributed by atoms with E-state index >= 15 is 0 Å². The van der Waals surface area contributed by atoms with Gasteiger partial charge in [0, 0.05) is 13.2 Å². The molecule has 0 saturated carbocycles. The Bertz CT molecular complexity index is 107. The molecule has 0 spiro atoms. The van der Waals surface area contributed by atoms with Crippen LogP contribution in [0, 0.1) is 0 Å². The van der Waals surface area contributed by atoms with Crippen molar-refractivity contribution in [2.75, 3.05) is 26.8 Å². The van der Waals surface area contributed by atoms with E-state index in [1.807, 2.05) is 13.8 Å². The first-order chi connectivity index (χ1) is 5.81. The maximum absolute atomic E-state index is 10.8. The van der Waals surface area contributed by atoms with Gasteiger partial charge in [-0.2, -0.15) is 0 Å². The van der Waals surface area contributed by atoms with E-state index in [1.54, 1.807) is 0 Å². The molecule has 0 aliphatic rings.